The van der Waals surface area contributed by atoms with Crippen LogP contribution in [-0.2, 0) is 17.5 Å². The molecule has 4 heterocycles. The van der Waals surface area contributed by atoms with Crippen molar-refractivity contribution in [1.29, 1.82) is 0 Å². The first-order valence-corrected chi connectivity index (χ1v) is 11.2. The quantitative estimate of drug-likeness (QED) is 0.442. The van der Waals surface area contributed by atoms with E-state index in [1.54, 1.807) is 23.0 Å². The van der Waals surface area contributed by atoms with Crippen LogP contribution in [0.5, 0.6) is 0 Å². The first-order valence-electron chi connectivity index (χ1n) is 11.2. The molecule has 0 saturated heterocycles. The number of hydrazone groups is 1. The molecule has 0 spiro atoms. The van der Waals surface area contributed by atoms with E-state index in [1.165, 1.54) is 17.1 Å². The molecule has 0 aliphatic carbocycles. The normalized spacial score (nSPS) is 16.7. The first-order chi connectivity index (χ1) is 16.5. The standard InChI is InChI=1S/C23H27F3N8O/c1-13(2)34-12-17(14(3)32(5)27-4)19-9-15-16(10-28-22(15)30-29-19)18-11-33(8-6-7-20(34)35)31-21(18)23(24,25)26/h9-11,13H,4,6-8,12H2,1-3,5H3,(H,28,30)/b17-14+. The van der Waals surface area contributed by atoms with Gasteiger partial charge in [-0.3, -0.25) is 14.5 Å². The molecule has 0 unspecified atom stereocenters. The Kier molecular flexibility index (Phi) is 6.39. The summed E-state index contributed by atoms with van der Waals surface area (Å²) in [6.45, 7) is 9.64. The molecule has 0 aromatic carbocycles. The molecule has 4 rings (SSSR count). The fourth-order valence-electron chi connectivity index (χ4n) is 4.18. The van der Waals surface area contributed by atoms with Crippen molar-refractivity contribution in [2.24, 2.45) is 5.10 Å². The van der Waals surface area contributed by atoms with E-state index in [9.17, 15) is 18.0 Å². The van der Waals surface area contributed by atoms with E-state index in [0.717, 1.165) is 0 Å². The monoisotopic (exact) mass is 488 g/mol. The van der Waals surface area contributed by atoms with Crippen LogP contribution in [0.1, 0.15) is 45.0 Å². The molecule has 186 valence electrons. The number of hydrogen-bond donors (Lipinski definition) is 1. The molecule has 0 fully saturated rings. The van der Waals surface area contributed by atoms with Crippen LogP contribution in [0.3, 0.4) is 0 Å². The van der Waals surface area contributed by atoms with Gasteiger partial charge in [-0.15, -0.1) is 10.2 Å². The summed E-state index contributed by atoms with van der Waals surface area (Å²) in [6, 6.07) is 1.57. The van der Waals surface area contributed by atoms with Crippen LogP contribution in [0.25, 0.3) is 27.7 Å². The van der Waals surface area contributed by atoms with E-state index in [4.69, 9.17) is 0 Å². The number of carbonyl (C=O) groups is 1. The zero-order valence-electron chi connectivity index (χ0n) is 20.0. The number of halogens is 3. The maximum atomic E-state index is 13.9. The van der Waals surface area contributed by atoms with E-state index in [0.29, 0.717) is 40.0 Å². The molecule has 4 bridgehead atoms. The second-order valence-electron chi connectivity index (χ2n) is 8.79. The molecule has 0 radical (unpaired) electrons. The Morgan fingerprint density at radius 3 is 2.69 bits per heavy atom. The third-order valence-corrected chi connectivity index (χ3v) is 6.25. The van der Waals surface area contributed by atoms with Gasteiger partial charge in [0, 0.05) is 79.5 Å². The van der Waals surface area contributed by atoms with Crippen molar-refractivity contribution in [3.05, 3.63) is 35.5 Å². The highest BCUT2D eigenvalue weighted by atomic mass is 19.4. The van der Waals surface area contributed by atoms with Crippen molar-refractivity contribution >= 4 is 29.2 Å². The lowest BCUT2D eigenvalue weighted by atomic mass is 10.0. The van der Waals surface area contributed by atoms with Crippen molar-refractivity contribution in [3.8, 4) is 11.1 Å². The zero-order valence-corrected chi connectivity index (χ0v) is 20.0. The number of allylic oxidation sites excluding steroid dienone is 1. The lowest BCUT2D eigenvalue weighted by Gasteiger charge is -2.29. The van der Waals surface area contributed by atoms with Gasteiger partial charge in [-0.05, 0) is 33.3 Å². The fraction of sp³-hybridized carbons (Fsp3) is 0.435. The number of fused-ring (bicyclic) bond motifs is 4. The number of H-pyrrole nitrogens is 1. The van der Waals surface area contributed by atoms with Gasteiger partial charge in [-0.25, -0.2) is 0 Å². The molecule has 12 heteroatoms. The molecule has 35 heavy (non-hydrogen) atoms. The summed E-state index contributed by atoms with van der Waals surface area (Å²) in [5.74, 6) is -0.114. The molecule has 0 atom stereocenters. The molecule has 0 saturated carbocycles. The number of alkyl halides is 3. The molecule has 1 aliphatic rings. The van der Waals surface area contributed by atoms with Crippen LogP contribution in [0.15, 0.2) is 29.3 Å². The van der Waals surface area contributed by atoms with Crippen LogP contribution in [-0.4, -0.2) is 67.1 Å². The lowest BCUT2D eigenvalue weighted by molar-refractivity contribution is -0.141. The third-order valence-electron chi connectivity index (χ3n) is 6.25. The van der Waals surface area contributed by atoms with Crippen molar-refractivity contribution < 1.29 is 18.0 Å². The molecule has 1 amide bonds. The molecular weight excluding hydrogens is 461 g/mol. The van der Waals surface area contributed by atoms with Crippen molar-refractivity contribution in [2.45, 2.75) is 52.4 Å². The van der Waals surface area contributed by atoms with E-state index in [-0.39, 0.29) is 37.0 Å². The highest BCUT2D eigenvalue weighted by Crippen LogP contribution is 2.39. The highest BCUT2D eigenvalue weighted by molar-refractivity contribution is 5.95. The van der Waals surface area contributed by atoms with E-state index < -0.39 is 11.9 Å². The fourth-order valence-corrected chi connectivity index (χ4v) is 4.18. The minimum atomic E-state index is -4.65. The Labute approximate surface area is 200 Å². The molecule has 3 aromatic heterocycles. The van der Waals surface area contributed by atoms with Gasteiger partial charge in [0.05, 0.1) is 5.69 Å². The predicted octanol–water partition coefficient (Wildman–Crippen LogP) is 4.15. The van der Waals surface area contributed by atoms with Gasteiger partial charge < -0.3 is 9.88 Å². The number of rotatable bonds is 3. The summed E-state index contributed by atoms with van der Waals surface area (Å²) in [5, 5.41) is 18.4. The van der Waals surface area contributed by atoms with Crippen LogP contribution < -0.4 is 0 Å². The maximum Gasteiger partial charge on any atom is 0.435 e. The number of aromatic nitrogens is 5. The topological polar surface area (TPSA) is 95.3 Å². The first kappa shape index (κ1) is 24.4. The summed E-state index contributed by atoms with van der Waals surface area (Å²) in [7, 11) is 1.72. The van der Waals surface area contributed by atoms with Crippen LogP contribution in [0.2, 0.25) is 0 Å². The number of carbonyl (C=O) groups excluding carboxylic acids is 1. The number of aryl methyl sites for hydroxylation is 1. The van der Waals surface area contributed by atoms with E-state index >= 15 is 0 Å². The minimum absolute atomic E-state index is 0.0537. The Balaban J connectivity index is 2.00. The molecule has 3 aromatic rings. The van der Waals surface area contributed by atoms with Crippen LogP contribution in [0.4, 0.5) is 13.2 Å². The van der Waals surface area contributed by atoms with Gasteiger partial charge in [0.15, 0.2) is 11.3 Å². The van der Waals surface area contributed by atoms with Gasteiger partial charge in [0.2, 0.25) is 5.91 Å². The smallest absolute Gasteiger partial charge is 0.344 e. The number of aromatic amines is 1. The van der Waals surface area contributed by atoms with Gasteiger partial charge >= 0.3 is 6.18 Å². The largest absolute Gasteiger partial charge is 0.435 e. The summed E-state index contributed by atoms with van der Waals surface area (Å²) in [5.41, 5.74) is 1.44. The van der Waals surface area contributed by atoms with Crippen molar-refractivity contribution in [3.63, 3.8) is 0 Å². The Bertz CT molecular complexity index is 1300. The van der Waals surface area contributed by atoms with Crippen molar-refractivity contribution in [2.75, 3.05) is 13.6 Å². The maximum absolute atomic E-state index is 13.9. The number of hydrogen-bond acceptors (Lipinski definition) is 6. The Morgan fingerprint density at radius 1 is 1.29 bits per heavy atom. The minimum Gasteiger partial charge on any atom is -0.344 e. The lowest BCUT2D eigenvalue weighted by Crippen LogP contribution is -2.38. The van der Waals surface area contributed by atoms with Crippen LogP contribution >= 0.6 is 0 Å². The molecule has 1 N–H and O–H groups in total. The second-order valence-corrected chi connectivity index (χ2v) is 8.79. The second kappa shape index (κ2) is 9.16. The summed E-state index contributed by atoms with van der Waals surface area (Å²) in [4.78, 5) is 17.8. The van der Waals surface area contributed by atoms with Crippen molar-refractivity contribution in [1.82, 2.24) is 34.9 Å². The average Bonchev–Trinajstić information content (AvgIpc) is 3.41. The predicted molar refractivity (Wildman–Crippen MR) is 126 cm³/mol. The SMILES string of the molecule is C=NN(C)/C(C)=C1\CN(C(C)C)C(=O)CCCn2cc(c(C(F)(F)F)n2)-c2c[nH]c3nnc1cc23. The van der Waals surface area contributed by atoms with Crippen LogP contribution in [0, 0.1) is 0 Å². The van der Waals surface area contributed by atoms with E-state index in [2.05, 4.69) is 32.1 Å². The van der Waals surface area contributed by atoms with Gasteiger partial charge in [0.1, 0.15) is 0 Å². The molecular formula is C23H27F3N8O. The number of nitrogens with zero attached hydrogens (tertiary/aromatic N) is 7. The summed E-state index contributed by atoms with van der Waals surface area (Å²) < 4.78 is 42.9. The molecule has 1 aliphatic heterocycles. The highest BCUT2D eigenvalue weighted by Gasteiger charge is 2.38. The number of amides is 1. The summed E-state index contributed by atoms with van der Waals surface area (Å²) >= 11 is 0. The Morgan fingerprint density at radius 2 is 2.03 bits per heavy atom. The number of nitrogens with one attached hydrogen (secondary N) is 1. The van der Waals surface area contributed by atoms with Gasteiger partial charge in [-0.2, -0.15) is 23.4 Å². The Hall–Kier alpha value is -3.70. The third kappa shape index (κ3) is 4.64. The summed E-state index contributed by atoms with van der Waals surface area (Å²) in [6.07, 6.45) is -1.27. The van der Waals surface area contributed by atoms with Gasteiger partial charge in [-0.1, -0.05) is 0 Å². The van der Waals surface area contributed by atoms with Gasteiger partial charge in [0.25, 0.3) is 0 Å². The average molecular weight is 489 g/mol. The molecule has 9 nitrogen and oxygen atoms in total. The zero-order chi connectivity index (χ0) is 25.5. The van der Waals surface area contributed by atoms with E-state index in [1.807, 2.05) is 20.8 Å².